The van der Waals surface area contributed by atoms with Crippen molar-refractivity contribution in [1.29, 1.82) is 0 Å². The Morgan fingerprint density at radius 1 is 1.45 bits per heavy atom. The van der Waals surface area contributed by atoms with Gasteiger partial charge in [0.15, 0.2) is 0 Å². The van der Waals surface area contributed by atoms with Gasteiger partial charge in [-0.3, -0.25) is 4.79 Å². The summed E-state index contributed by atoms with van der Waals surface area (Å²) in [5, 5.41) is 2.91. The number of rotatable bonds is 7. The van der Waals surface area contributed by atoms with E-state index in [1.165, 1.54) is 0 Å². The first-order valence-electron chi connectivity index (χ1n) is 7.34. The van der Waals surface area contributed by atoms with Crippen LogP contribution in [-0.2, 0) is 9.53 Å². The average molecular weight is 277 g/mol. The molecule has 0 aliphatic carbocycles. The average Bonchev–Trinajstić information content (AvgIpc) is 2.97. The van der Waals surface area contributed by atoms with Gasteiger partial charge in [-0.1, -0.05) is 18.2 Å². The number of hydrogen-bond donors (Lipinski definition) is 1. The zero-order valence-electron chi connectivity index (χ0n) is 12.0. The van der Waals surface area contributed by atoms with Gasteiger partial charge >= 0.3 is 0 Å². The van der Waals surface area contributed by atoms with Crippen LogP contribution in [0.5, 0.6) is 5.75 Å². The number of carbonyl (C=O) groups excluding carboxylic acids is 1. The summed E-state index contributed by atoms with van der Waals surface area (Å²) in [5.41, 5.74) is 0. The zero-order chi connectivity index (χ0) is 14.2. The minimum absolute atomic E-state index is 0.0379. The summed E-state index contributed by atoms with van der Waals surface area (Å²) in [6.07, 6.45) is 3.79. The molecule has 2 rings (SSSR count). The third-order valence-electron chi connectivity index (χ3n) is 3.38. The molecule has 4 nitrogen and oxygen atoms in total. The summed E-state index contributed by atoms with van der Waals surface area (Å²) in [7, 11) is 0. The summed E-state index contributed by atoms with van der Waals surface area (Å²) >= 11 is 0. The Morgan fingerprint density at radius 2 is 2.25 bits per heavy atom. The Balaban J connectivity index is 1.60. The molecule has 1 heterocycles. The molecule has 0 unspecified atom stereocenters. The van der Waals surface area contributed by atoms with Crippen LogP contribution in [0.15, 0.2) is 30.3 Å². The molecule has 110 valence electrons. The number of hydrogen-bond acceptors (Lipinski definition) is 3. The van der Waals surface area contributed by atoms with Crippen molar-refractivity contribution >= 4 is 5.91 Å². The first kappa shape index (κ1) is 14.9. The van der Waals surface area contributed by atoms with Gasteiger partial charge in [0.1, 0.15) is 11.9 Å². The smallest absolute Gasteiger partial charge is 0.220 e. The van der Waals surface area contributed by atoms with E-state index >= 15 is 0 Å². The van der Waals surface area contributed by atoms with Crippen LogP contribution in [0.2, 0.25) is 0 Å². The maximum atomic E-state index is 11.7. The molecule has 1 fully saturated rings. The molecular weight excluding hydrogens is 254 g/mol. The molecule has 1 saturated heterocycles. The van der Waals surface area contributed by atoms with E-state index in [0.717, 1.165) is 31.6 Å². The molecular formula is C16H23NO3. The molecule has 1 aliphatic rings. The van der Waals surface area contributed by atoms with Crippen molar-refractivity contribution in [3.05, 3.63) is 30.3 Å². The fourth-order valence-electron chi connectivity index (χ4n) is 2.28. The van der Waals surface area contributed by atoms with Crippen molar-refractivity contribution < 1.29 is 14.3 Å². The van der Waals surface area contributed by atoms with E-state index in [0.29, 0.717) is 13.0 Å². The van der Waals surface area contributed by atoms with E-state index in [1.54, 1.807) is 0 Å². The predicted octanol–water partition coefficient (Wildman–Crippen LogP) is 2.53. The third-order valence-corrected chi connectivity index (χ3v) is 3.38. The lowest BCUT2D eigenvalue weighted by molar-refractivity contribution is -0.122. The molecule has 0 spiro atoms. The number of para-hydroxylation sites is 1. The van der Waals surface area contributed by atoms with Gasteiger partial charge in [0.2, 0.25) is 5.91 Å². The highest BCUT2D eigenvalue weighted by atomic mass is 16.5. The van der Waals surface area contributed by atoms with E-state index < -0.39 is 0 Å². The highest BCUT2D eigenvalue weighted by Gasteiger charge is 2.16. The summed E-state index contributed by atoms with van der Waals surface area (Å²) < 4.78 is 11.2. The van der Waals surface area contributed by atoms with Crippen LogP contribution in [0.4, 0.5) is 0 Å². The molecule has 0 aromatic heterocycles. The molecule has 1 amide bonds. The Labute approximate surface area is 120 Å². The highest BCUT2D eigenvalue weighted by molar-refractivity contribution is 5.75. The fourth-order valence-corrected chi connectivity index (χ4v) is 2.28. The number of ether oxygens (including phenoxy) is 2. The normalized spacial score (nSPS) is 19.6. The number of benzene rings is 1. The fraction of sp³-hybridized carbons (Fsp3) is 0.562. The van der Waals surface area contributed by atoms with Gasteiger partial charge in [-0.25, -0.2) is 0 Å². The van der Waals surface area contributed by atoms with E-state index in [1.807, 2.05) is 37.3 Å². The van der Waals surface area contributed by atoms with Crippen LogP contribution in [0.1, 0.15) is 32.6 Å². The summed E-state index contributed by atoms with van der Waals surface area (Å²) in [5.74, 6) is 0.901. The maximum Gasteiger partial charge on any atom is 0.220 e. The van der Waals surface area contributed by atoms with Crippen LogP contribution in [-0.4, -0.2) is 31.3 Å². The van der Waals surface area contributed by atoms with E-state index in [4.69, 9.17) is 9.47 Å². The predicted molar refractivity (Wildman–Crippen MR) is 77.7 cm³/mol. The molecule has 4 heteroatoms. The van der Waals surface area contributed by atoms with Gasteiger partial charge < -0.3 is 14.8 Å². The van der Waals surface area contributed by atoms with Crippen molar-refractivity contribution in [2.75, 3.05) is 13.2 Å². The second-order valence-electron chi connectivity index (χ2n) is 5.22. The standard InChI is InChI=1S/C16H23NO3/c1-13(20-15-6-3-2-4-7-15)12-17-16(18)10-9-14-8-5-11-19-14/h2-4,6-7,13-14H,5,8-12H2,1H3,(H,17,18)/t13-,14-/m1/s1. The Bertz CT molecular complexity index is 401. The van der Waals surface area contributed by atoms with Crippen molar-refractivity contribution in [3.63, 3.8) is 0 Å². The lowest BCUT2D eigenvalue weighted by Crippen LogP contribution is -2.33. The first-order chi connectivity index (χ1) is 9.74. The molecule has 2 atom stereocenters. The van der Waals surface area contributed by atoms with Crippen LogP contribution >= 0.6 is 0 Å². The SMILES string of the molecule is C[C@H](CNC(=O)CC[C@H]1CCCO1)Oc1ccccc1. The Morgan fingerprint density at radius 3 is 2.95 bits per heavy atom. The molecule has 1 aliphatic heterocycles. The topological polar surface area (TPSA) is 47.6 Å². The number of carbonyl (C=O) groups is 1. The van der Waals surface area contributed by atoms with Gasteiger partial charge in [-0.2, -0.15) is 0 Å². The lowest BCUT2D eigenvalue weighted by Gasteiger charge is -2.16. The molecule has 1 aromatic rings. The minimum atomic E-state index is -0.0379. The Hall–Kier alpha value is -1.55. The quantitative estimate of drug-likeness (QED) is 0.833. The molecule has 0 radical (unpaired) electrons. The number of amides is 1. The molecule has 20 heavy (non-hydrogen) atoms. The molecule has 1 N–H and O–H groups in total. The van der Waals surface area contributed by atoms with Crippen LogP contribution in [0, 0.1) is 0 Å². The van der Waals surface area contributed by atoms with Gasteiger partial charge in [0, 0.05) is 13.0 Å². The monoisotopic (exact) mass is 277 g/mol. The lowest BCUT2D eigenvalue weighted by atomic mass is 10.1. The minimum Gasteiger partial charge on any atom is -0.489 e. The zero-order valence-corrected chi connectivity index (χ0v) is 12.0. The van der Waals surface area contributed by atoms with E-state index in [2.05, 4.69) is 5.32 Å². The van der Waals surface area contributed by atoms with Gasteiger partial charge in [-0.15, -0.1) is 0 Å². The highest BCUT2D eigenvalue weighted by Crippen LogP contribution is 2.16. The van der Waals surface area contributed by atoms with Gasteiger partial charge in [-0.05, 0) is 38.3 Å². The largest absolute Gasteiger partial charge is 0.489 e. The second-order valence-corrected chi connectivity index (χ2v) is 5.22. The van der Waals surface area contributed by atoms with Crippen molar-refractivity contribution in [2.45, 2.75) is 44.8 Å². The summed E-state index contributed by atoms with van der Waals surface area (Å²) in [6, 6.07) is 9.64. The molecule has 0 bridgehead atoms. The maximum absolute atomic E-state index is 11.7. The van der Waals surface area contributed by atoms with Crippen LogP contribution < -0.4 is 10.1 Å². The Kier molecular flexibility index (Phi) is 5.87. The van der Waals surface area contributed by atoms with Crippen LogP contribution in [0.3, 0.4) is 0 Å². The van der Waals surface area contributed by atoms with Gasteiger partial charge in [0.25, 0.3) is 0 Å². The first-order valence-corrected chi connectivity index (χ1v) is 7.34. The molecule has 1 aromatic carbocycles. The van der Waals surface area contributed by atoms with Crippen LogP contribution in [0.25, 0.3) is 0 Å². The van der Waals surface area contributed by atoms with E-state index in [9.17, 15) is 4.79 Å². The molecule has 0 saturated carbocycles. The van der Waals surface area contributed by atoms with Crippen molar-refractivity contribution in [2.24, 2.45) is 0 Å². The van der Waals surface area contributed by atoms with E-state index in [-0.39, 0.29) is 18.1 Å². The summed E-state index contributed by atoms with van der Waals surface area (Å²) in [4.78, 5) is 11.7. The summed E-state index contributed by atoms with van der Waals surface area (Å²) in [6.45, 7) is 3.32. The van der Waals surface area contributed by atoms with Crippen molar-refractivity contribution in [1.82, 2.24) is 5.32 Å². The third kappa shape index (κ3) is 5.21. The van der Waals surface area contributed by atoms with Crippen molar-refractivity contribution in [3.8, 4) is 5.75 Å². The number of nitrogens with one attached hydrogen (secondary N) is 1. The van der Waals surface area contributed by atoms with Gasteiger partial charge in [0.05, 0.1) is 12.6 Å². The second kappa shape index (κ2) is 7.90.